The van der Waals surface area contributed by atoms with Crippen molar-refractivity contribution in [3.05, 3.63) is 53.2 Å². The first-order valence-corrected chi connectivity index (χ1v) is 10.9. The summed E-state index contributed by atoms with van der Waals surface area (Å²) in [5.74, 6) is 0.723. The number of nitrogens with one attached hydrogen (secondary N) is 1. The molecule has 3 aromatic rings. The molecule has 0 amide bonds. The molecule has 2 aliphatic heterocycles. The van der Waals surface area contributed by atoms with E-state index < -0.39 is 0 Å². The van der Waals surface area contributed by atoms with Crippen molar-refractivity contribution in [1.29, 1.82) is 5.26 Å². The van der Waals surface area contributed by atoms with Crippen LogP contribution in [0.5, 0.6) is 6.01 Å². The Morgan fingerprint density at radius 2 is 2.03 bits per heavy atom. The second-order valence-electron chi connectivity index (χ2n) is 8.41. The van der Waals surface area contributed by atoms with E-state index in [0.717, 1.165) is 48.8 Å². The van der Waals surface area contributed by atoms with Crippen molar-refractivity contribution in [2.75, 3.05) is 36.0 Å². The van der Waals surface area contributed by atoms with Crippen LogP contribution in [0.25, 0.3) is 10.8 Å². The second kappa shape index (κ2) is 8.60. The fraction of sp³-hybridized carbons (Fsp3) is 0.375. The number of anilines is 2. The Morgan fingerprint density at radius 1 is 1.19 bits per heavy atom. The smallest absolute Gasteiger partial charge is 0.362 e. The summed E-state index contributed by atoms with van der Waals surface area (Å²) in [7, 11) is 0. The summed E-state index contributed by atoms with van der Waals surface area (Å²) < 4.78 is 13.2. The highest BCUT2D eigenvalue weighted by Crippen LogP contribution is 2.35. The maximum atomic E-state index is 13.2. The minimum absolute atomic E-state index is 0.0628. The van der Waals surface area contributed by atoms with E-state index in [1.165, 1.54) is 16.3 Å². The average Bonchev–Trinajstić information content (AvgIpc) is 2.83. The quantitative estimate of drug-likeness (QED) is 0.677. The standard InChI is InChI=1S/C24H25FN6O/c1-16-4-2-5-17-6-3-7-21(22(16)17)30-12-9-19-20(15-30)28-24(32-25)29-23(19)31-13-11-27-18(14-31)8-10-26/h2-7,18,27H,8-9,11-15H2,1H3/t18-/m0/s1. The van der Waals surface area contributed by atoms with Gasteiger partial charge in [0.15, 0.2) is 0 Å². The maximum absolute atomic E-state index is 13.2. The van der Waals surface area contributed by atoms with Gasteiger partial charge in [0.1, 0.15) is 5.82 Å². The summed E-state index contributed by atoms with van der Waals surface area (Å²) in [6.45, 7) is 5.64. The van der Waals surface area contributed by atoms with Crippen LogP contribution >= 0.6 is 0 Å². The number of fused-ring (bicyclic) bond motifs is 2. The lowest BCUT2D eigenvalue weighted by atomic mass is 9.99. The molecule has 7 nitrogen and oxygen atoms in total. The van der Waals surface area contributed by atoms with Crippen molar-refractivity contribution in [1.82, 2.24) is 15.3 Å². The first-order chi connectivity index (χ1) is 15.7. The number of halogens is 1. The summed E-state index contributed by atoms with van der Waals surface area (Å²) >= 11 is 0. The molecule has 1 aromatic heterocycles. The molecule has 5 rings (SSSR count). The zero-order chi connectivity index (χ0) is 22.1. The third-order valence-electron chi connectivity index (χ3n) is 6.42. The normalized spacial score (nSPS) is 18.3. The van der Waals surface area contributed by atoms with Crippen LogP contribution in [0.3, 0.4) is 0 Å². The molecule has 3 heterocycles. The van der Waals surface area contributed by atoms with E-state index in [-0.39, 0.29) is 12.1 Å². The van der Waals surface area contributed by atoms with Crippen LogP contribution in [0.4, 0.5) is 16.0 Å². The molecule has 2 aromatic carbocycles. The molecule has 0 bridgehead atoms. The van der Waals surface area contributed by atoms with Gasteiger partial charge in [-0.1, -0.05) is 30.3 Å². The molecule has 1 saturated heterocycles. The minimum atomic E-state index is -0.259. The van der Waals surface area contributed by atoms with Gasteiger partial charge in [0.25, 0.3) is 0 Å². The summed E-state index contributed by atoms with van der Waals surface area (Å²) in [6.07, 6.45) is 1.18. The van der Waals surface area contributed by atoms with E-state index in [1.54, 1.807) is 0 Å². The fourth-order valence-corrected chi connectivity index (χ4v) is 4.92. The van der Waals surface area contributed by atoms with Gasteiger partial charge < -0.3 is 15.1 Å². The fourth-order valence-electron chi connectivity index (χ4n) is 4.92. The Morgan fingerprint density at radius 3 is 2.84 bits per heavy atom. The predicted molar refractivity (Wildman–Crippen MR) is 121 cm³/mol. The van der Waals surface area contributed by atoms with E-state index in [4.69, 9.17) is 5.26 Å². The number of benzene rings is 2. The van der Waals surface area contributed by atoms with Crippen molar-refractivity contribution >= 4 is 22.3 Å². The van der Waals surface area contributed by atoms with Crippen LogP contribution in [0.15, 0.2) is 36.4 Å². The number of piperazine rings is 1. The molecule has 0 saturated carbocycles. The maximum Gasteiger partial charge on any atom is 0.362 e. The Bertz CT molecular complexity index is 1190. The second-order valence-corrected chi connectivity index (χ2v) is 8.41. The summed E-state index contributed by atoms with van der Waals surface area (Å²) in [5, 5.41) is 14.9. The number of rotatable bonds is 4. The number of nitriles is 1. The van der Waals surface area contributed by atoms with Crippen molar-refractivity contribution in [2.24, 2.45) is 0 Å². The molecule has 1 atom stereocenters. The van der Waals surface area contributed by atoms with E-state index in [0.29, 0.717) is 19.5 Å². The lowest BCUT2D eigenvalue weighted by Gasteiger charge is -2.37. The highest BCUT2D eigenvalue weighted by Gasteiger charge is 2.29. The van der Waals surface area contributed by atoms with Gasteiger partial charge in [0.2, 0.25) is 0 Å². The van der Waals surface area contributed by atoms with Gasteiger partial charge in [-0.05, 0) is 30.4 Å². The van der Waals surface area contributed by atoms with Crippen LogP contribution < -0.4 is 20.1 Å². The zero-order valence-electron chi connectivity index (χ0n) is 18.0. The third-order valence-corrected chi connectivity index (χ3v) is 6.42. The average molecular weight is 433 g/mol. The van der Waals surface area contributed by atoms with Gasteiger partial charge in [-0.3, -0.25) is 4.94 Å². The van der Waals surface area contributed by atoms with Crippen LogP contribution in [0.1, 0.15) is 23.2 Å². The molecule has 0 aliphatic carbocycles. The highest BCUT2D eigenvalue weighted by molar-refractivity contribution is 5.97. The SMILES string of the molecule is Cc1cccc2cccc(N3CCc4c(nc(OF)nc4N4CCN[C@@H](CC#N)C4)C3)c12. The van der Waals surface area contributed by atoms with Gasteiger partial charge in [0, 0.05) is 53.4 Å². The first kappa shape index (κ1) is 20.5. The van der Waals surface area contributed by atoms with E-state index in [9.17, 15) is 4.53 Å². The lowest BCUT2D eigenvalue weighted by Crippen LogP contribution is -2.51. The number of hydrogen-bond acceptors (Lipinski definition) is 7. The van der Waals surface area contributed by atoms with Crippen LogP contribution in [-0.4, -0.2) is 42.2 Å². The molecule has 0 spiro atoms. The number of hydrogen-bond donors (Lipinski definition) is 1. The molecule has 1 N–H and O–H groups in total. The van der Waals surface area contributed by atoms with Gasteiger partial charge in [-0.25, -0.2) is 0 Å². The molecule has 1 fully saturated rings. The molecule has 0 unspecified atom stereocenters. The molecule has 32 heavy (non-hydrogen) atoms. The Labute approximate surface area is 186 Å². The monoisotopic (exact) mass is 432 g/mol. The van der Waals surface area contributed by atoms with Crippen molar-refractivity contribution < 1.29 is 9.47 Å². The van der Waals surface area contributed by atoms with Crippen LogP contribution in [-0.2, 0) is 13.0 Å². The summed E-state index contributed by atoms with van der Waals surface area (Å²) in [5.41, 5.74) is 4.21. The Balaban J connectivity index is 1.51. The van der Waals surface area contributed by atoms with Gasteiger partial charge in [0.05, 0.1) is 24.7 Å². The van der Waals surface area contributed by atoms with Gasteiger partial charge >= 0.3 is 6.01 Å². The van der Waals surface area contributed by atoms with E-state index in [2.05, 4.69) is 79.4 Å². The van der Waals surface area contributed by atoms with Crippen molar-refractivity contribution in [2.45, 2.75) is 32.4 Å². The molecular weight excluding hydrogens is 407 g/mol. The van der Waals surface area contributed by atoms with E-state index >= 15 is 0 Å². The van der Waals surface area contributed by atoms with Crippen molar-refractivity contribution in [3.8, 4) is 12.1 Å². The molecule has 2 aliphatic rings. The van der Waals surface area contributed by atoms with Crippen LogP contribution in [0.2, 0.25) is 0 Å². The molecule has 8 heteroatoms. The summed E-state index contributed by atoms with van der Waals surface area (Å²) in [4.78, 5) is 17.2. The lowest BCUT2D eigenvalue weighted by molar-refractivity contribution is -0.0180. The molecule has 0 radical (unpaired) electrons. The predicted octanol–water partition coefficient (Wildman–Crippen LogP) is 3.46. The molecule has 164 valence electrons. The minimum Gasteiger partial charge on any atom is -0.365 e. The van der Waals surface area contributed by atoms with Crippen molar-refractivity contribution in [3.63, 3.8) is 0 Å². The largest absolute Gasteiger partial charge is 0.365 e. The Hall–Kier alpha value is -3.44. The number of aryl methyl sites for hydroxylation is 1. The third kappa shape index (κ3) is 3.69. The van der Waals surface area contributed by atoms with E-state index in [1.807, 2.05) is 0 Å². The topological polar surface area (TPSA) is 77.3 Å². The van der Waals surface area contributed by atoms with Crippen LogP contribution in [0, 0.1) is 18.3 Å². The highest BCUT2D eigenvalue weighted by atomic mass is 19.3. The zero-order valence-corrected chi connectivity index (χ0v) is 18.0. The Kier molecular flexibility index (Phi) is 5.50. The van der Waals surface area contributed by atoms with Gasteiger partial charge in [-0.2, -0.15) is 15.2 Å². The number of aromatic nitrogens is 2. The molecular formula is C24H25FN6O. The summed E-state index contributed by atoms with van der Waals surface area (Å²) in [6, 6.07) is 14.7. The van der Waals surface area contributed by atoms with Gasteiger partial charge in [-0.15, -0.1) is 0 Å². The first-order valence-electron chi connectivity index (χ1n) is 10.9. The number of nitrogens with zero attached hydrogens (tertiary/aromatic N) is 5.